The standard InChI is InChI=1S/C17H21NO4/c1-11(2)22-14-6-4-13(5-7-14)16(19)10-18-17(20)15-8-9-21-12(15)3/h4-9,11,16,19H,10H2,1-3H3,(H,18,20). The summed E-state index contributed by atoms with van der Waals surface area (Å²) in [6.07, 6.45) is 0.797. The van der Waals surface area contributed by atoms with Crippen molar-refractivity contribution in [1.82, 2.24) is 5.32 Å². The Morgan fingerprint density at radius 1 is 1.27 bits per heavy atom. The lowest BCUT2D eigenvalue weighted by Crippen LogP contribution is -2.28. The minimum atomic E-state index is -0.774. The molecule has 2 N–H and O–H groups in total. The van der Waals surface area contributed by atoms with Gasteiger partial charge in [0.15, 0.2) is 0 Å². The van der Waals surface area contributed by atoms with Crippen LogP contribution < -0.4 is 10.1 Å². The van der Waals surface area contributed by atoms with Crippen LogP contribution in [0.2, 0.25) is 0 Å². The average molecular weight is 303 g/mol. The first-order chi connectivity index (χ1) is 10.5. The molecule has 0 aliphatic carbocycles. The van der Waals surface area contributed by atoms with Gasteiger partial charge in [-0.25, -0.2) is 0 Å². The van der Waals surface area contributed by atoms with E-state index in [9.17, 15) is 9.90 Å². The second-order valence-electron chi connectivity index (χ2n) is 5.35. The van der Waals surface area contributed by atoms with Crippen molar-refractivity contribution in [2.45, 2.75) is 33.0 Å². The average Bonchev–Trinajstić information content (AvgIpc) is 2.91. The molecular weight excluding hydrogens is 282 g/mol. The second-order valence-corrected chi connectivity index (χ2v) is 5.35. The second kappa shape index (κ2) is 7.13. The lowest BCUT2D eigenvalue weighted by Gasteiger charge is -2.14. The molecular formula is C17H21NO4. The highest BCUT2D eigenvalue weighted by molar-refractivity contribution is 5.95. The molecule has 22 heavy (non-hydrogen) atoms. The molecule has 1 heterocycles. The van der Waals surface area contributed by atoms with Gasteiger partial charge in [-0.15, -0.1) is 0 Å². The molecule has 0 saturated carbocycles. The summed E-state index contributed by atoms with van der Waals surface area (Å²) < 4.78 is 10.6. The first kappa shape index (κ1) is 16.1. The third kappa shape index (κ3) is 4.11. The summed E-state index contributed by atoms with van der Waals surface area (Å²) in [5.41, 5.74) is 1.20. The number of ether oxygens (including phenoxy) is 1. The number of carbonyl (C=O) groups is 1. The SMILES string of the molecule is Cc1occc1C(=O)NCC(O)c1ccc(OC(C)C)cc1. The zero-order valence-corrected chi connectivity index (χ0v) is 13.0. The highest BCUT2D eigenvalue weighted by Gasteiger charge is 2.14. The molecule has 1 amide bonds. The van der Waals surface area contributed by atoms with Crippen LogP contribution in [0.1, 0.15) is 41.6 Å². The van der Waals surface area contributed by atoms with E-state index in [4.69, 9.17) is 9.15 Å². The van der Waals surface area contributed by atoms with Gasteiger partial charge in [-0.2, -0.15) is 0 Å². The molecule has 1 aromatic heterocycles. The van der Waals surface area contributed by atoms with Gasteiger partial charge in [0, 0.05) is 6.54 Å². The number of aryl methyl sites for hydroxylation is 1. The fourth-order valence-corrected chi connectivity index (χ4v) is 2.06. The van der Waals surface area contributed by atoms with Crippen LogP contribution in [0.25, 0.3) is 0 Å². The number of benzene rings is 1. The molecule has 5 heteroatoms. The Hall–Kier alpha value is -2.27. The summed E-state index contributed by atoms with van der Waals surface area (Å²) in [5, 5.41) is 12.8. The Morgan fingerprint density at radius 2 is 1.95 bits per heavy atom. The Labute approximate surface area is 129 Å². The summed E-state index contributed by atoms with van der Waals surface area (Å²) in [4.78, 5) is 11.9. The van der Waals surface area contributed by atoms with Crippen LogP contribution in [0.3, 0.4) is 0 Å². The van der Waals surface area contributed by atoms with Gasteiger partial charge in [-0.1, -0.05) is 12.1 Å². The van der Waals surface area contributed by atoms with Crippen molar-refractivity contribution in [3.63, 3.8) is 0 Å². The minimum Gasteiger partial charge on any atom is -0.491 e. The maximum absolute atomic E-state index is 11.9. The first-order valence-electron chi connectivity index (χ1n) is 7.24. The summed E-state index contributed by atoms with van der Waals surface area (Å²) in [6, 6.07) is 8.80. The molecule has 0 aliphatic rings. The maximum Gasteiger partial charge on any atom is 0.254 e. The summed E-state index contributed by atoms with van der Waals surface area (Å²) in [6.45, 7) is 5.76. The number of aliphatic hydroxyl groups is 1. The van der Waals surface area contributed by atoms with E-state index < -0.39 is 6.10 Å². The highest BCUT2D eigenvalue weighted by Crippen LogP contribution is 2.18. The molecule has 0 fully saturated rings. The lowest BCUT2D eigenvalue weighted by atomic mass is 10.1. The van der Waals surface area contributed by atoms with Crippen molar-refractivity contribution in [3.8, 4) is 5.75 Å². The molecule has 5 nitrogen and oxygen atoms in total. The van der Waals surface area contributed by atoms with Crippen molar-refractivity contribution in [2.75, 3.05) is 6.54 Å². The zero-order valence-electron chi connectivity index (χ0n) is 13.0. The monoisotopic (exact) mass is 303 g/mol. The third-order valence-corrected chi connectivity index (χ3v) is 3.20. The van der Waals surface area contributed by atoms with Gasteiger partial charge in [0.2, 0.25) is 0 Å². The zero-order chi connectivity index (χ0) is 16.1. The summed E-state index contributed by atoms with van der Waals surface area (Å²) in [7, 11) is 0. The van der Waals surface area contributed by atoms with E-state index in [0.717, 1.165) is 11.3 Å². The fraction of sp³-hybridized carbons (Fsp3) is 0.353. The number of amides is 1. The fourth-order valence-electron chi connectivity index (χ4n) is 2.06. The van der Waals surface area contributed by atoms with E-state index in [1.165, 1.54) is 6.26 Å². The van der Waals surface area contributed by atoms with Crippen LogP contribution in [0.5, 0.6) is 5.75 Å². The molecule has 1 unspecified atom stereocenters. The van der Waals surface area contributed by atoms with Gasteiger partial charge in [0.05, 0.1) is 24.0 Å². The van der Waals surface area contributed by atoms with Crippen LogP contribution in [-0.4, -0.2) is 23.7 Å². The van der Waals surface area contributed by atoms with E-state index in [-0.39, 0.29) is 18.6 Å². The van der Waals surface area contributed by atoms with Crippen molar-refractivity contribution in [1.29, 1.82) is 0 Å². The molecule has 2 aromatic rings. The van der Waals surface area contributed by atoms with E-state index >= 15 is 0 Å². The number of hydrogen-bond acceptors (Lipinski definition) is 4. The topological polar surface area (TPSA) is 71.7 Å². The normalized spacial score (nSPS) is 12.2. The van der Waals surface area contributed by atoms with Crippen LogP contribution in [0, 0.1) is 6.92 Å². The Balaban J connectivity index is 1.90. The van der Waals surface area contributed by atoms with Crippen molar-refractivity contribution in [3.05, 3.63) is 53.5 Å². The van der Waals surface area contributed by atoms with Gasteiger partial charge >= 0.3 is 0 Å². The number of aliphatic hydroxyl groups excluding tert-OH is 1. The molecule has 2 rings (SSSR count). The van der Waals surface area contributed by atoms with Crippen molar-refractivity contribution in [2.24, 2.45) is 0 Å². The number of furan rings is 1. The highest BCUT2D eigenvalue weighted by atomic mass is 16.5. The van der Waals surface area contributed by atoms with E-state index in [0.29, 0.717) is 11.3 Å². The minimum absolute atomic E-state index is 0.105. The largest absolute Gasteiger partial charge is 0.491 e. The number of nitrogens with one attached hydrogen (secondary N) is 1. The molecule has 118 valence electrons. The van der Waals surface area contributed by atoms with Crippen LogP contribution >= 0.6 is 0 Å². The van der Waals surface area contributed by atoms with Crippen LogP contribution in [0.15, 0.2) is 41.0 Å². The molecule has 0 spiro atoms. The Kier molecular flexibility index (Phi) is 5.22. The van der Waals surface area contributed by atoms with Gasteiger partial charge < -0.3 is 19.6 Å². The number of carbonyl (C=O) groups excluding carboxylic acids is 1. The molecule has 1 aromatic carbocycles. The lowest BCUT2D eigenvalue weighted by molar-refractivity contribution is 0.0914. The Bertz CT molecular complexity index is 616. The molecule has 0 bridgehead atoms. The summed E-state index contributed by atoms with van der Waals surface area (Å²) >= 11 is 0. The van der Waals surface area contributed by atoms with Gasteiger partial charge in [-0.05, 0) is 44.5 Å². The molecule has 0 saturated heterocycles. The molecule has 1 atom stereocenters. The number of hydrogen-bond donors (Lipinski definition) is 2. The van der Waals surface area contributed by atoms with Crippen molar-refractivity contribution < 1.29 is 19.1 Å². The van der Waals surface area contributed by atoms with Gasteiger partial charge in [0.1, 0.15) is 11.5 Å². The van der Waals surface area contributed by atoms with Gasteiger partial charge in [-0.3, -0.25) is 4.79 Å². The van der Waals surface area contributed by atoms with Crippen LogP contribution in [0.4, 0.5) is 0 Å². The van der Waals surface area contributed by atoms with Crippen LogP contribution in [-0.2, 0) is 0 Å². The third-order valence-electron chi connectivity index (χ3n) is 3.20. The predicted molar refractivity (Wildman–Crippen MR) is 82.9 cm³/mol. The van der Waals surface area contributed by atoms with E-state index in [1.54, 1.807) is 37.3 Å². The number of rotatable bonds is 6. The smallest absolute Gasteiger partial charge is 0.254 e. The molecule has 0 aliphatic heterocycles. The summed E-state index contributed by atoms with van der Waals surface area (Å²) in [5.74, 6) is 1.05. The first-order valence-corrected chi connectivity index (χ1v) is 7.24. The quantitative estimate of drug-likeness (QED) is 0.861. The van der Waals surface area contributed by atoms with Crippen molar-refractivity contribution >= 4 is 5.91 Å². The van der Waals surface area contributed by atoms with E-state index in [1.807, 2.05) is 13.8 Å². The molecule has 0 radical (unpaired) electrons. The van der Waals surface area contributed by atoms with E-state index in [2.05, 4.69) is 5.32 Å². The Morgan fingerprint density at radius 3 is 2.50 bits per heavy atom. The van der Waals surface area contributed by atoms with Gasteiger partial charge in [0.25, 0.3) is 5.91 Å². The predicted octanol–water partition coefficient (Wildman–Crippen LogP) is 2.84. The maximum atomic E-state index is 11.9.